The predicted octanol–water partition coefficient (Wildman–Crippen LogP) is 5.67. The fourth-order valence-corrected chi connectivity index (χ4v) is 6.04. The summed E-state index contributed by atoms with van der Waals surface area (Å²) < 4.78 is 56.9. The number of hydrogen-bond acceptors (Lipinski definition) is 5. The van der Waals surface area contributed by atoms with Crippen LogP contribution in [0.5, 0.6) is 0 Å². The van der Waals surface area contributed by atoms with Gasteiger partial charge in [0.05, 0.1) is 17.3 Å². The maximum Gasteiger partial charge on any atom is 0.252 e. The van der Waals surface area contributed by atoms with E-state index >= 15 is 0 Å². The highest BCUT2D eigenvalue weighted by Gasteiger charge is 2.48. The van der Waals surface area contributed by atoms with E-state index in [1.165, 1.54) is 30.5 Å². The zero-order chi connectivity index (χ0) is 31.1. The highest BCUT2D eigenvalue weighted by molar-refractivity contribution is 14.1. The highest BCUT2D eigenvalue weighted by Crippen LogP contribution is 2.40. The first-order chi connectivity index (χ1) is 20.4. The van der Waals surface area contributed by atoms with Crippen LogP contribution in [0.4, 0.5) is 29.1 Å². The summed E-state index contributed by atoms with van der Waals surface area (Å²) in [6.45, 7) is 0. The smallest absolute Gasteiger partial charge is 0.252 e. The second kappa shape index (κ2) is 12.1. The molecule has 14 heteroatoms. The van der Waals surface area contributed by atoms with Crippen LogP contribution in [0.3, 0.4) is 0 Å². The standard InChI is InChI=1S/C29H21ClF4IN5O3/c30-16-1-2-22(35)21(8-16)26(27(42)38-19-12-29(33,34)13-19)39(20-10-17(31)9-18(32)11-20)28(43)23-3-4-25(41)40(23)24-7-15(14-36)5-6-37-24/h1-2,5-11,19,23,26H,3-4,12-13H2,(H,38,42)/t23-,26-/m0/s1. The van der Waals surface area contributed by atoms with Gasteiger partial charge in [-0.15, -0.1) is 0 Å². The number of aromatic nitrogens is 1. The van der Waals surface area contributed by atoms with Gasteiger partial charge in [0.2, 0.25) is 11.8 Å². The molecule has 1 saturated heterocycles. The van der Waals surface area contributed by atoms with E-state index in [-0.39, 0.29) is 40.5 Å². The van der Waals surface area contributed by atoms with Crippen LogP contribution in [0.25, 0.3) is 0 Å². The van der Waals surface area contributed by atoms with Gasteiger partial charge in [0.25, 0.3) is 11.8 Å². The minimum absolute atomic E-state index is 0.000287. The molecular formula is C29H21ClF4IN5O3. The molecule has 2 fully saturated rings. The largest absolute Gasteiger partial charge is 0.351 e. The lowest BCUT2D eigenvalue weighted by Crippen LogP contribution is -2.56. The van der Waals surface area contributed by atoms with E-state index in [0.29, 0.717) is 9.64 Å². The third-order valence-electron chi connectivity index (χ3n) is 7.18. The highest BCUT2D eigenvalue weighted by atomic mass is 127. The molecule has 5 rings (SSSR count). The summed E-state index contributed by atoms with van der Waals surface area (Å²) in [7, 11) is 0. The fourth-order valence-electron chi connectivity index (χ4n) is 5.23. The number of halogens is 6. The van der Waals surface area contributed by atoms with Crippen molar-refractivity contribution in [1.29, 1.82) is 5.26 Å². The Bertz CT molecular complexity index is 1640. The number of alkyl halides is 2. The van der Waals surface area contributed by atoms with E-state index in [0.717, 1.165) is 21.9 Å². The summed E-state index contributed by atoms with van der Waals surface area (Å²) in [6, 6.07) is 7.61. The fraction of sp³-hybridized carbons (Fsp3) is 0.276. The minimum Gasteiger partial charge on any atom is -0.351 e. The lowest BCUT2D eigenvalue weighted by molar-refractivity contribution is -0.133. The second-order valence-corrected chi connectivity index (χ2v) is 11.8. The van der Waals surface area contributed by atoms with Crippen LogP contribution in [0.1, 0.15) is 42.9 Å². The number of amides is 3. The molecule has 8 nitrogen and oxygen atoms in total. The molecule has 1 aromatic heterocycles. The van der Waals surface area contributed by atoms with E-state index in [2.05, 4.69) is 10.3 Å². The number of anilines is 2. The van der Waals surface area contributed by atoms with Crippen molar-refractivity contribution in [3.05, 3.63) is 86.1 Å². The molecule has 2 aliphatic rings. The summed E-state index contributed by atoms with van der Waals surface area (Å²) in [5.41, 5.74) is -0.0198. The Morgan fingerprint density at radius 2 is 1.84 bits per heavy atom. The molecule has 222 valence electrons. The maximum atomic E-state index is 14.6. The summed E-state index contributed by atoms with van der Waals surface area (Å²) in [5, 5.41) is 12.1. The van der Waals surface area contributed by atoms with Crippen molar-refractivity contribution in [3.8, 4) is 6.07 Å². The van der Waals surface area contributed by atoms with Crippen molar-refractivity contribution < 1.29 is 31.9 Å². The van der Waals surface area contributed by atoms with Crippen molar-refractivity contribution in [2.75, 3.05) is 9.80 Å². The van der Waals surface area contributed by atoms with Gasteiger partial charge >= 0.3 is 0 Å². The molecule has 1 N–H and O–H groups in total. The summed E-state index contributed by atoms with van der Waals surface area (Å²) in [5.74, 6) is -7.34. The van der Waals surface area contributed by atoms with Crippen LogP contribution in [-0.2, 0) is 14.4 Å². The first-order valence-electron chi connectivity index (χ1n) is 13.0. The average Bonchev–Trinajstić information content (AvgIpc) is 3.32. The molecular weight excluding hydrogens is 705 g/mol. The van der Waals surface area contributed by atoms with E-state index in [9.17, 15) is 37.2 Å². The van der Waals surface area contributed by atoms with E-state index in [4.69, 9.17) is 11.6 Å². The number of hydrogen-bond donors (Lipinski definition) is 1. The monoisotopic (exact) mass is 725 g/mol. The third kappa shape index (κ3) is 6.45. The Balaban J connectivity index is 1.65. The van der Waals surface area contributed by atoms with Crippen LogP contribution < -0.4 is 15.1 Å². The number of nitrogens with one attached hydrogen (secondary N) is 1. The first kappa shape index (κ1) is 30.7. The van der Waals surface area contributed by atoms with Gasteiger partial charge < -0.3 is 5.32 Å². The molecule has 2 aromatic carbocycles. The van der Waals surface area contributed by atoms with Crippen molar-refractivity contribution in [2.24, 2.45) is 0 Å². The van der Waals surface area contributed by atoms with Crippen molar-refractivity contribution >= 4 is 63.4 Å². The van der Waals surface area contributed by atoms with Crippen molar-refractivity contribution in [1.82, 2.24) is 10.3 Å². The normalized spacial score (nSPS) is 18.5. The molecule has 3 amide bonds. The van der Waals surface area contributed by atoms with Crippen LogP contribution in [0.2, 0.25) is 5.02 Å². The van der Waals surface area contributed by atoms with Gasteiger partial charge in [-0.1, -0.05) is 11.6 Å². The third-order valence-corrected chi connectivity index (χ3v) is 8.39. The van der Waals surface area contributed by atoms with Crippen LogP contribution in [0.15, 0.2) is 54.7 Å². The number of pyridine rings is 1. The zero-order valence-electron chi connectivity index (χ0n) is 22.0. The minimum atomic E-state index is -2.96. The second-order valence-electron chi connectivity index (χ2n) is 10.2. The molecule has 1 aliphatic carbocycles. The molecule has 0 bridgehead atoms. The molecule has 0 spiro atoms. The number of carbonyl (C=O) groups excluding carboxylic acids is 3. The van der Waals surface area contributed by atoms with E-state index in [1.807, 2.05) is 28.7 Å². The van der Waals surface area contributed by atoms with Crippen molar-refractivity contribution in [3.63, 3.8) is 0 Å². The Labute approximate surface area is 261 Å². The van der Waals surface area contributed by atoms with Gasteiger partial charge in [0.1, 0.15) is 29.5 Å². The molecule has 3 aromatic rings. The first-order valence-corrected chi connectivity index (χ1v) is 14.4. The van der Waals surface area contributed by atoms with Gasteiger partial charge in [-0.3, -0.25) is 24.2 Å². The van der Waals surface area contributed by atoms with Crippen LogP contribution >= 0.6 is 34.2 Å². The van der Waals surface area contributed by atoms with Crippen LogP contribution in [0, 0.1) is 26.5 Å². The summed E-state index contributed by atoms with van der Waals surface area (Å²) in [4.78, 5) is 47.5. The Morgan fingerprint density at radius 1 is 1.14 bits per heavy atom. The van der Waals surface area contributed by atoms with Gasteiger partial charge in [0.15, 0.2) is 0 Å². The van der Waals surface area contributed by atoms with Gasteiger partial charge in [-0.25, -0.2) is 22.5 Å². The zero-order valence-corrected chi connectivity index (χ0v) is 25.0. The molecule has 2 atom stereocenters. The Hall–Kier alpha value is -3.77. The molecule has 43 heavy (non-hydrogen) atoms. The van der Waals surface area contributed by atoms with E-state index in [1.54, 1.807) is 6.07 Å². The molecule has 0 radical (unpaired) electrons. The lowest BCUT2D eigenvalue weighted by atomic mass is 9.87. The molecule has 1 saturated carbocycles. The molecule has 0 unspecified atom stereocenters. The van der Waals surface area contributed by atoms with Crippen LogP contribution in [-0.4, -0.2) is 40.7 Å². The SMILES string of the molecule is N#Cc1ccnc(N2C(=O)CC[C@H]2C(=O)N(c2cc(F)cc(F)c2)[C@H](C(=O)NC2CC(F)(F)C2)c2cc(Cl)ccc2I)c1. The van der Waals surface area contributed by atoms with Gasteiger partial charge in [-0.05, 0) is 77.0 Å². The van der Waals surface area contributed by atoms with Crippen molar-refractivity contribution in [2.45, 2.75) is 49.7 Å². The average molecular weight is 726 g/mol. The Morgan fingerprint density at radius 3 is 2.49 bits per heavy atom. The summed E-state index contributed by atoms with van der Waals surface area (Å²) in [6.07, 6.45) is -0.0816. The predicted molar refractivity (Wildman–Crippen MR) is 156 cm³/mol. The lowest BCUT2D eigenvalue weighted by Gasteiger charge is -2.39. The number of nitrogens with zero attached hydrogens (tertiary/aromatic N) is 4. The number of rotatable bonds is 7. The van der Waals surface area contributed by atoms with Gasteiger partial charge in [-0.2, -0.15) is 5.26 Å². The number of nitriles is 1. The topological polar surface area (TPSA) is 106 Å². The Kier molecular flexibility index (Phi) is 8.62. The number of carbonyl (C=O) groups is 3. The quantitative estimate of drug-likeness (QED) is 0.250. The maximum absolute atomic E-state index is 14.6. The summed E-state index contributed by atoms with van der Waals surface area (Å²) >= 11 is 8.16. The molecule has 1 aliphatic heterocycles. The van der Waals surface area contributed by atoms with E-state index < -0.39 is 66.2 Å². The molecule has 2 heterocycles. The number of benzene rings is 2. The van der Waals surface area contributed by atoms with Gasteiger partial charge in [0, 0.05) is 46.2 Å².